The molecule has 0 bridgehead atoms. The van der Waals surface area contributed by atoms with Gasteiger partial charge in [0.1, 0.15) is 16.9 Å². The first-order valence-electron chi connectivity index (χ1n) is 7.51. The van der Waals surface area contributed by atoms with Crippen molar-refractivity contribution in [3.05, 3.63) is 11.9 Å². The van der Waals surface area contributed by atoms with Crippen LogP contribution in [-0.2, 0) is 20.7 Å². The van der Waals surface area contributed by atoms with Crippen molar-refractivity contribution in [2.45, 2.75) is 59.2 Å². The topological polar surface area (TPSA) is 99.6 Å². The Labute approximate surface area is 141 Å². The molecule has 0 saturated carbocycles. The molecule has 0 aromatic carbocycles. The third-order valence-electron chi connectivity index (χ3n) is 2.37. The van der Waals surface area contributed by atoms with Gasteiger partial charge in [0.25, 0.3) is 0 Å². The van der Waals surface area contributed by atoms with Crippen molar-refractivity contribution in [2.75, 3.05) is 12.4 Å². The average molecular weight is 339 g/mol. The minimum absolute atomic E-state index is 0.0832. The van der Waals surface area contributed by atoms with Crippen LogP contribution < -0.4 is 10.1 Å². The molecule has 0 saturated heterocycles. The van der Waals surface area contributed by atoms with Crippen molar-refractivity contribution in [2.24, 2.45) is 0 Å². The predicted octanol–water partition coefficient (Wildman–Crippen LogP) is 2.72. The fraction of sp³-hybridized carbons (Fsp3) is 0.625. The zero-order valence-corrected chi connectivity index (χ0v) is 15.2. The maximum Gasteiger partial charge on any atom is 0.413 e. The molecule has 0 aliphatic heterocycles. The molecule has 8 nitrogen and oxygen atoms in total. The summed E-state index contributed by atoms with van der Waals surface area (Å²) in [5.41, 5.74) is -0.893. The van der Waals surface area contributed by atoms with Gasteiger partial charge in [-0.05, 0) is 41.5 Å². The van der Waals surface area contributed by atoms with E-state index < -0.39 is 23.3 Å². The summed E-state index contributed by atoms with van der Waals surface area (Å²) in [6.07, 6.45) is 0.588. The van der Waals surface area contributed by atoms with Crippen molar-refractivity contribution in [3.63, 3.8) is 0 Å². The number of nitrogens with zero attached hydrogens (tertiary/aromatic N) is 2. The normalized spacial score (nSPS) is 11.6. The standard InChI is InChI=1S/C16H25N3O5/c1-15(2,3)23-12(20)8-10-13(22-7)18-11(9-17-10)19-14(21)24-16(4,5)6/h9H,8H2,1-7H3,(H,18,19,21). The van der Waals surface area contributed by atoms with Gasteiger partial charge >= 0.3 is 12.1 Å². The third kappa shape index (κ3) is 7.26. The molecule has 0 atom stereocenters. The molecule has 0 unspecified atom stereocenters. The summed E-state index contributed by atoms with van der Waals surface area (Å²) in [6, 6.07) is 0. The van der Waals surface area contributed by atoms with Crippen LogP contribution in [0.4, 0.5) is 10.6 Å². The van der Waals surface area contributed by atoms with Crippen LogP contribution in [0.1, 0.15) is 47.2 Å². The van der Waals surface area contributed by atoms with E-state index in [9.17, 15) is 9.59 Å². The lowest BCUT2D eigenvalue weighted by atomic mass is 10.2. The third-order valence-corrected chi connectivity index (χ3v) is 2.37. The van der Waals surface area contributed by atoms with E-state index in [1.165, 1.54) is 13.3 Å². The smallest absolute Gasteiger partial charge is 0.413 e. The molecule has 0 radical (unpaired) electrons. The van der Waals surface area contributed by atoms with Crippen LogP contribution in [0.15, 0.2) is 6.20 Å². The molecule has 0 fully saturated rings. The van der Waals surface area contributed by atoms with Crippen LogP contribution in [-0.4, -0.2) is 40.3 Å². The van der Waals surface area contributed by atoms with Gasteiger partial charge in [0.2, 0.25) is 5.88 Å². The number of anilines is 1. The molecule has 24 heavy (non-hydrogen) atoms. The Bertz CT molecular complexity index is 603. The van der Waals surface area contributed by atoms with Crippen molar-refractivity contribution in [1.82, 2.24) is 9.97 Å². The number of amides is 1. The zero-order valence-electron chi connectivity index (χ0n) is 15.2. The molecule has 1 rings (SSSR count). The lowest BCUT2D eigenvalue weighted by Gasteiger charge is -2.20. The molecular weight excluding hydrogens is 314 g/mol. The summed E-state index contributed by atoms with van der Waals surface area (Å²) < 4.78 is 15.5. The molecule has 1 heterocycles. The number of aromatic nitrogens is 2. The summed E-state index contributed by atoms with van der Waals surface area (Å²) in [5, 5.41) is 2.46. The predicted molar refractivity (Wildman–Crippen MR) is 88.0 cm³/mol. The molecule has 1 N–H and O–H groups in total. The number of carbonyl (C=O) groups excluding carboxylic acids is 2. The van der Waals surface area contributed by atoms with E-state index >= 15 is 0 Å². The van der Waals surface area contributed by atoms with Crippen molar-refractivity contribution < 1.29 is 23.8 Å². The summed E-state index contributed by atoms with van der Waals surface area (Å²) in [5.74, 6) is -0.147. The Kier molecular flexibility index (Phi) is 6.11. The number of hydrogen-bond acceptors (Lipinski definition) is 7. The van der Waals surface area contributed by atoms with Crippen LogP contribution in [0.25, 0.3) is 0 Å². The van der Waals surface area contributed by atoms with Gasteiger partial charge in [0.05, 0.1) is 19.7 Å². The second-order valence-electron chi connectivity index (χ2n) is 7.10. The second-order valence-corrected chi connectivity index (χ2v) is 7.10. The Balaban J connectivity index is 2.82. The molecule has 8 heteroatoms. The van der Waals surface area contributed by atoms with E-state index in [0.29, 0.717) is 5.69 Å². The molecule has 1 amide bonds. The van der Waals surface area contributed by atoms with Gasteiger partial charge in [-0.15, -0.1) is 0 Å². The number of ether oxygens (including phenoxy) is 3. The Hall–Kier alpha value is -2.38. The van der Waals surface area contributed by atoms with Gasteiger partial charge < -0.3 is 14.2 Å². The number of esters is 1. The number of carbonyl (C=O) groups is 2. The van der Waals surface area contributed by atoms with Crippen LogP contribution in [0.5, 0.6) is 5.88 Å². The number of methoxy groups -OCH3 is 1. The Morgan fingerprint density at radius 1 is 1.08 bits per heavy atom. The molecule has 134 valence electrons. The van der Waals surface area contributed by atoms with Crippen molar-refractivity contribution >= 4 is 17.9 Å². The highest BCUT2D eigenvalue weighted by molar-refractivity contribution is 5.83. The Morgan fingerprint density at radius 2 is 1.67 bits per heavy atom. The highest BCUT2D eigenvalue weighted by atomic mass is 16.6. The fourth-order valence-electron chi connectivity index (χ4n) is 1.66. The number of nitrogens with one attached hydrogen (secondary N) is 1. The van der Waals surface area contributed by atoms with Gasteiger partial charge in [0.15, 0.2) is 5.82 Å². The molecule has 1 aromatic heterocycles. The van der Waals surface area contributed by atoms with Gasteiger partial charge in [0, 0.05) is 0 Å². The zero-order chi connectivity index (χ0) is 18.5. The van der Waals surface area contributed by atoms with Crippen LogP contribution in [0.2, 0.25) is 0 Å². The monoisotopic (exact) mass is 339 g/mol. The molecule has 1 aromatic rings. The first kappa shape index (κ1) is 19.7. The van der Waals surface area contributed by atoms with Gasteiger partial charge in [-0.1, -0.05) is 0 Å². The fourth-order valence-corrected chi connectivity index (χ4v) is 1.66. The highest BCUT2D eigenvalue weighted by Crippen LogP contribution is 2.18. The summed E-state index contributed by atoms with van der Waals surface area (Å²) >= 11 is 0. The summed E-state index contributed by atoms with van der Waals surface area (Å²) in [7, 11) is 1.40. The van der Waals surface area contributed by atoms with Crippen molar-refractivity contribution in [1.29, 1.82) is 0 Å². The minimum Gasteiger partial charge on any atom is -0.480 e. The SMILES string of the molecule is COc1nc(NC(=O)OC(C)(C)C)cnc1CC(=O)OC(C)(C)C. The first-order chi connectivity index (χ1) is 10.9. The van der Waals surface area contributed by atoms with E-state index in [1.54, 1.807) is 41.5 Å². The molecule has 0 spiro atoms. The molecular formula is C16H25N3O5. The van der Waals surface area contributed by atoms with E-state index in [0.717, 1.165) is 0 Å². The van der Waals surface area contributed by atoms with Crippen LogP contribution >= 0.6 is 0 Å². The van der Waals surface area contributed by atoms with Gasteiger partial charge in [-0.2, -0.15) is 4.98 Å². The largest absolute Gasteiger partial charge is 0.480 e. The lowest BCUT2D eigenvalue weighted by molar-refractivity contribution is -0.154. The van der Waals surface area contributed by atoms with E-state index in [2.05, 4.69) is 15.3 Å². The maximum absolute atomic E-state index is 11.9. The van der Waals surface area contributed by atoms with Gasteiger partial charge in [-0.3, -0.25) is 15.1 Å². The number of hydrogen-bond donors (Lipinski definition) is 1. The number of rotatable bonds is 4. The van der Waals surface area contributed by atoms with Crippen LogP contribution in [0.3, 0.4) is 0 Å². The molecule has 0 aliphatic rings. The average Bonchev–Trinajstić information content (AvgIpc) is 2.35. The minimum atomic E-state index is -0.654. The first-order valence-corrected chi connectivity index (χ1v) is 7.51. The highest BCUT2D eigenvalue weighted by Gasteiger charge is 2.21. The van der Waals surface area contributed by atoms with Gasteiger partial charge in [-0.25, -0.2) is 4.79 Å². The summed E-state index contributed by atoms with van der Waals surface area (Å²) in [4.78, 5) is 31.8. The van der Waals surface area contributed by atoms with E-state index in [1.807, 2.05) is 0 Å². The van der Waals surface area contributed by atoms with E-state index in [4.69, 9.17) is 14.2 Å². The molecule has 0 aliphatic carbocycles. The lowest BCUT2D eigenvalue weighted by Crippen LogP contribution is -2.27. The summed E-state index contributed by atoms with van der Waals surface area (Å²) in [6.45, 7) is 10.6. The van der Waals surface area contributed by atoms with Crippen LogP contribution in [0, 0.1) is 0 Å². The maximum atomic E-state index is 11.9. The van der Waals surface area contributed by atoms with E-state index in [-0.39, 0.29) is 18.1 Å². The Morgan fingerprint density at radius 3 is 2.17 bits per heavy atom. The van der Waals surface area contributed by atoms with Crippen molar-refractivity contribution in [3.8, 4) is 5.88 Å². The quantitative estimate of drug-likeness (QED) is 0.842. The second kappa shape index (κ2) is 7.46.